The molecule has 16 heavy (non-hydrogen) atoms. The van der Waals surface area contributed by atoms with E-state index in [0.717, 1.165) is 17.1 Å². The van der Waals surface area contributed by atoms with Gasteiger partial charge in [-0.25, -0.2) is 4.68 Å². The number of hydrogen-bond acceptors (Lipinski definition) is 3. The third-order valence-corrected chi connectivity index (χ3v) is 2.97. The van der Waals surface area contributed by atoms with Crippen LogP contribution < -0.4 is 4.74 Å². The van der Waals surface area contributed by atoms with E-state index in [1.165, 1.54) is 0 Å². The van der Waals surface area contributed by atoms with Crippen LogP contribution in [0.1, 0.15) is 5.69 Å². The topological polar surface area (TPSA) is 39.9 Å². The van der Waals surface area contributed by atoms with Crippen molar-refractivity contribution in [3.63, 3.8) is 0 Å². The highest BCUT2D eigenvalue weighted by atomic mass is 79.9. The quantitative estimate of drug-likeness (QED) is 0.819. The summed E-state index contributed by atoms with van der Waals surface area (Å²) >= 11 is 9.40. The number of nitrogens with zero attached hydrogens (tertiary/aromatic N) is 3. The number of halogens is 2. The normalized spacial score (nSPS) is 10.4. The van der Waals surface area contributed by atoms with Crippen molar-refractivity contribution in [1.29, 1.82) is 0 Å². The summed E-state index contributed by atoms with van der Waals surface area (Å²) < 4.78 is 6.76. The Morgan fingerprint density at radius 2 is 2.31 bits per heavy atom. The summed E-state index contributed by atoms with van der Waals surface area (Å²) in [5, 5.41) is 9.23. The maximum atomic E-state index is 6.08. The molecule has 0 aliphatic rings. The molecular weight excluding hydrogens is 293 g/mol. The maximum absolute atomic E-state index is 6.08. The zero-order valence-corrected chi connectivity index (χ0v) is 10.9. The lowest BCUT2D eigenvalue weighted by Gasteiger charge is -2.05. The Morgan fingerprint density at radius 1 is 1.50 bits per heavy atom. The maximum Gasteiger partial charge on any atom is 0.121 e. The van der Waals surface area contributed by atoms with E-state index in [-0.39, 0.29) is 0 Å². The molecule has 0 spiro atoms. The van der Waals surface area contributed by atoms with Gasteiger partial charge < -0.3 is 4.74 Å². The summed E-state index contributed by atoms with van der Waals surface area (Å²) in [6.45, 7) is 0. The molecule has 1 aromatic carbocycles. The standard InChI is InChI=1S/C10H9BrClN3O/c1-16-8-2-3-9(12)10(4-8)15-6-7(5-11)13-14-15/h2-4,6H,5H2,1H3. The number of alkyl halides is 1. The number of aromatic nitrogens is 3. The van der Waals surface area contributed by atoms with Crippen LogP contribution >= 0.6 is 27.5 Å². The van der Waals surface area contributed by atoms with Gasteiger partial charge in [0.2, 0.25) is 0 Å². The van der Waals surface area contributed by atoms with Crippen molar-refractivity contribution in [3.8, 4) is 11.4 Å². The Bertz CT molecular complexity index is 501. The number of methoxy groups -OCH3 is 1. The second kappa shape index (κ2) is 4.84. The largest absolute Gasteiger partial charge is 0.497 e. The molecule has 0 unspecified atom stereocenters. The molecule has 1 aromatic heterocycles. The van der Waals surface area contributed by atoms with Crippen LogP contribution in [0.2, 0.25) is 5.02 Å². The molecule has 0 aliphatic heterocycles. The highest BCUT2D eigenvalue weighted by Crippen LogP contribution is 2.24. The van der Waals surface area contributed by atoms with Gasteiger partial charge in [-0.2, -0.15) is 0 Å². The van der Waals surface area contributed by atoms with Crippen LogP contribution in [-0.2, 0) is 5.33 Å². The smallest absolute Gasteiger partial charge is 0.121 e. The molecule has 0 bridgehead atoms. The number of ether oxygens (including phenoxy) is 1. The van der Waals surface area contributed by atoms with Crippen molar-refractivity contribution < 1.29 is 4.74 Å². The fourth-order valence-corrected chi connectivity index (χ4v) is 1.73. The third-order valence-electron chi connectivity index (χ3n) is 2.08. The Balaban J connectivity index is 2.45. The van der Waals surface area contributed by atoms with Crippen molar-refractivity contribution in [2.24, 2.45) is 0 Å². The lowest BCUT2D eigenvalue weighted by molar-refractivity contribution is 0.414. The highest BCUT2D eigenvalue weighted by molar-refractivity contribution is 9.08. The minimum Gasteiger partial charge on any atom is -0.497 e. The van der Waals surface area contributed by atoms with Crippen molar-refractivity contribution in [2.45, 2.75) is 5.33 Å². The van der Waals surface area contributed by atoms with Crippen LogP contribution in [0.4, 0.5) is 0 Å². The number of benzene rings is 1. The van der Waals surface area contributed by atoms with Crippen LogP contribution in [0.5, 0.6) is 5.75 Å². The van der Waals surface area contributed by atoms with E-state index in [1.54, 1.807) is 23.9 Å². The number of rotatable bonds is 3. The van der Waals surface area contributed by atoms with E-state index < -0.39 is 0 Å². The highest BCUT2D eigenvalue weighted by Gasteiger charge is 2.07. The average Bonchev–Trinajstić information content (AvgIpc) is 2.78. The molecule has 0 atom stereocenters. The first-order chi connectivity index (χ1) is 7.74. The van der Waals surface area contributed by atoms with Crippen LogP contribution in [0, 0.1) is 0 Å². The van der Waals surface area contributed by atoms with Crippen LogP contribution in [-0.4, -0.2) is 22.1 Å². The van der Waals surface area contributed by atoms with Gasteiger partial charge in [-0.3, -0.25) is 0 Å². The molecule has 4 nitrogen and oxygen atoms in total. The number of hydrogen-bond donors (Lipinski definition) is 0. The van der Waals surface area contributed by atoms with E-state index in [1.807, 2.05) is 12.3 Å². The predicted octanol–water partition coefficient (Wildman–Crippen LogP) is 2.82. The monoisotopic (exact) mass is 301 g/mol. The molecule has 2 aromatic rings. The Kier molecular flexibility index (Phi) is 3.46. The fourth-order valence-electron chi connectivity index (χ4n) is 1.27. The minimum atomic E-state index is 0.604. The molecule has 84 valence electrons. The average molecular weight is 303 g/mol. The van der Waals surface area contributed by atoms with Gasteiger partial charge in [0, 0.05) is 11.4 Å². The summed E-state index contributed by atoms with van der Waals surface area (Å²) in [4.78, 5) is 0. The van der Waals surface area contributed by atoms with Gasteiger partial charge in [0.25, 0.3) is 0 Å². The Hall–Kier alpha value is -1.07. The predicted molar refractivity (Wildman–Crippen MR) is 65.6 cm³/mol. The van der Waals surface area contributed by atoms with Crippen molar-refractivity contribution in [1.82, 2.24) is 15.0 Å². The van der Waals surface area contributed by atoms with Gasteiger partial charge in [0.15, 0.2) is 0 Å². The Morgan fingerprint density at radius 3 is 2.94 bits per heavy atom. The summed E-state index contributed by atoms with van der Waals surface area (Å²) in [6.07, 6.45) is 1.81. The SMILES string of the molecule is COc1ccc(Cl)c(-n2cc(CBr)nn2)c1. The van der Waals surface area contributed by atoms with Crippen LogP contribution in [0.25, 0.3) is 5.69 Å². The summed E-state index contributed by atoms with van der Waals surface area (Å²) in [7, 11) is 1.61. The fraction of sp³-hybridized carbons (Fsp3) is 0.200. The molecule has 0 saturated heterocycles. The molecule has 2 rings (SSSR count). The third kappa shape index (κ3) is 2.20. The van der Waals surface area contributed by atoms with E-state index in [0.29, 0.717) is 10.4 Å². The van der Waals surface area contributed by atoms with Gasteiger partial charge in [-0.1, -0.05) is 32.7 Å². The molecule has 0 saturated carbocycles. The Labute approximate surface area is 106 Å². The van der Waals surface area contributed by atoms with Gasteiger partial charge in [-0.15, -0.1) is 5.10 Å². The lowest BCUT2D eigenvalue weighted by Crippen LogP contribution is -1.96. The molecule has 0 fully saturated rings. The zero-order chi connectivity index (χ0) is 11.5. The first-order valence-corrected chi connectivity index (χ1v) is 6.05. The first kappa shape index (κ1) is 11.4. The molecule has 1 heterocycles. The van der Waals surface area contributed by atoms with E-state index in [9.17, 15) is 0 Å². The molecule has 0 amide bonds. The van der Waals surface area contributed by atoms with Crippen molar-refractivity contribution in [3.05, 3.63) is 35.1 Å². The van der Waals surface area contributed by atoms with Crippen LogP contribution in [0.3, 0.4) is 0 Å². The van der Waals surface area contributed by atoms with Gasteiger partial charge in [-0.05, 0) is 12.1 Å². The van der Waals surface area contributed by atoms with Crippen molar-refractivity contribution >= 4 is 27.5 Å². The molecule has 6 heteroatoms. The van der Waals surface area contributed by atoms with Gasteiger partial charge in [0.1, 0.15) is 5.75 Å². The second-order valence-electron chi connectivity index (χ2n) is 3.11. The van der Waals surface area contributed by atoms with Gasteiger partial charge in [0.05, 0.1) is 29.7 Å². The molecule has 0 radical (unpaired) electrons. The molecule has 0 aliphatic carbocycles. The summed E-state index contributed by atoms with van der Waals surface area (Å²) in [5.41, 5.74) is 1.60. The first-order valence-electron chi connectivity index (χ1n) is 4.55. The summed E-state index contributed by atoms with van der Waals surface area (Å²) in [6, 6.07) is 5.38. The molecular formula is C10H9BrClN3O. The van der Waals surface area contributed by atoms with E-state index >= 15 is 0 Å². The molecule has 0 N–H and O–H groups in total. The van der Waals surface area contributed by atoms with E-state index in [4.69, 9.17) is 16.3 Å². The second-order valence-corrected chi connectivity index (χ2v) is 4.07. The zero-order valence-electron chi connectivity index (χ0n) is 8.52. The summed E-state index contributed by atoms with van der Waals surface area (Å²) in [5.74, 6) is 0.732. The van der Waals surface area contributed by atoms with E-state index in [2.05, 4.69) is 26.2 Å². The van der Waals surface area contributed by atoms with Crippen molar-refractivity contribution in [2.75, 3.05) is 7.11 Å². The minimum absolute atomic E-state index is 0.604. The van der Waals surface area contributed by atoms with Crippen LogP contribution in [0.15, 0.2) is 24.4 Å². The lowest BCUT2D eigenvalue weighted by atomic mass is 10.3. The van der Waals surface area contributed by atoms with Gasteiger partial charge >= 0.3 is 0 Å².